The van der Waals surface area contributed by atoms with Crippen LogP contribution < -0.4 is 5.32 Å². The van der Waals surface area contributed by atoms with Gasteiger partial charge in [-0.1, -0.05) is 48.0 Å². The molecule has 5 rings (SSSR count). The number of rotatable bonds is 7. The zero-order valence-electron chi connectivity index (χ0n) is 23.6. The van der Waals surface area contributed by atoms with E-state index in [2.05, 4.69) is 5.32 Å². The molecule has 42 heavy (non-hydrogen) atoms. The van der Waals surface area contributed by atoms with Gasteiger partial charge in [0.2, 0.25) is 10.0 Å². The summed E-state index contributed by atoms with van der Waals surface area (Å²) >= 11 is 0. The summed E-state index contributed by atoms with van der Waals surface area (Å²) < 4.78 is 36.0. The molecule has 214 valence electrons. The number of morpholine rings is 1. The van der Waals surface area contributed by atoms with Crippen LogP contribution in [0.5, 0.6) is 0 Å². The van der Waals surface area contributed by atoms with Crippen molar-refractivity contribution in [2.24, 2.45) is 0 Å². The molecular weight excluding hydrogens is 550 g/mol. The first-order valence-electron chi connectivity index (χ1n) is 13.5. The van der Waals surface area contributed by atoms with Gasteiger partial charge in [0.15, 0.2) is 0 Å². The van der Waals surface area contributed by atoms with E-state index in [1.807, 2.05) is 69.3 Å². The van der Waals surface area contributed by atoms with Crippen molar-refractivity contribution in [3.63, 3.8) is 0 Å². The highest BCUT2D eigenvalue weighted by atomic mass is 32.2. The quantitative estimate of drug-likeness (QED) is 0.237. The van der Waals surface area contributed by atoms with Gasteiger partial charge in [-0.15, -0.1) is 0 Å². The van der Waals surface area contributed by atoms with Crippen LogP contribution in [0.4, 0.5) is 5.69 Å². The summed E-state index contributed by atoms with van der Waals surface area (Å²) in [5, 5.41) is 17.4. The second-order valence-corrected chi connectivity index (χ2v) is 12.2. The first-order valence-corrected chi connectivity index (χ1v) is 15.0. The Morgan fingerprint density at radius 3 is 2.38 bits per heavy atom. The number of aryl methyl sites for hydroxylation is 1. The molecule has 9 nitrogen and oxygen atoms in total. The summed E-state index contributed by atoms with van der Waals surface area (Å²) in [6.07, 6.45) is 2.74. The zero-order chi connectivity index (χ0) is 29.9. The van der Waals surface area contributed by atoms with E-state index in [0.717, 1.165) is 11.3 Å². The van der Waals surface area contributed by atoms with E-state index in [4.69, 9.17) is 9.84 Å². The molecule has 1 N–H and O–H groups in total. The maximum Gasteiger partial charge on any atom is 0.266 e. The standard InChI is InChI=1S/C32H31N5O4S/c1-22-12-14-28(15-13-22)34-32(38)26(18-33)16-27-21-37(29-9-5-4-6-10-29)35-31(27)25-8-7-11-30(17-25)42(39,40)36-19-23(2)41-24(3)20-36/h4-17,21,23-24H,19-20H2,1-3H3,(H,34,38)/b26-16-. The van der Waals surface area contributed by atoms with Crippen molar-refractivity contribution in [2.45, 2.75) is 37.9 Å². The molecule has 0 radical (unpaired) electrons. The summed E-state index contributed by atoms with van der Waals surface area (Å²) in [7, 11) is -3.81. The van der Waals surface area contributed by atoms with E-state index in [1.165, 1.54) is 10.4 Å². The SMILES string of the molecule is Cc1ccc(NC(=O)/C(C#N)=C\c2cn(-c3ccccc3)nc2-c2cccc(S(=O)(=O)N3CC(C)OC(C)C3)c2)cc1. The normalized spacial score (nSPS) is 17.9. The number of aromatic nitrogens is 2. The van der Waals surface area contributed by atoms with Crippen LogP contribution in [0.25, 0.3) is 23.0 Å². The number of amides is 1. The fraction of sp³-hybridized carbons (Fsp3) is 0.219. The lowest BCUT2D eigenvalue weighted by Gasteiger charge is -2.34. The Morgan fingerprint density at radius 2 is 1.71 bits per heavy atom. The third-order valence-electron chi connectivity index (χ3n) is 6.87. The average Bonchev–Trinajstić information content (AvgIpc) is 3.41. The highest BCUT2D eigenvalue weighted by Gasteiger charge is 2.32. The number of carbonyl (C=O) groups is 1. The van der Waals surface area contributed by atoms with E-state index in [-0.39, 0.29) is 35.8 Å². The molecule has 4 aromatic rings. The van der Waals surface area contributed by atoms with Gasteiger partial charge in [0.25, 0.3) is 5.91 Å². The number of benzene rings is 3. The zero-order valence-corrected chi connectivity index (χ0v) is 24.4. The number of hydrogen-bond acceptors (Lipinski definition) is 6. The topological polar surface area (TPSA) is 117 Å². The molecule has 0 saturated carbocycles. The van der Waals surface area contributed by atoms with Crippen molar-refractivity contribution in [3.05, 3.63) is 102 Å². The summed E-state index contributed by atoms with van der Waals surface area (Å²) in [5.41, 5.74) is 3.70. The van der Waals surface area contributed by atoms with E-state index < -0.39 is 15.9 Å². The summed E-state index contributed by atoms with van der Waals surface area (Å²) in [4.78, 5) is 13.2. The minimum Gasteiger partial charge on any atom is -0.373 e. The van der Waals surface area contributed by atoms with Crippen LogP contribution in [0.15, 0.2) is 95.5 Å². The molecule has 1 aliphatic heterocycles. The predicted octanol–water partition coefficient (Wildman–Crippen LogP) is 5.19. The van der Waals surface area contributed by atoms with Crippen LogP contribution in [-0.2, 0) is 19.6 Å². The Balaban J connectivity index is 1.55. The minimum absolute atomic E-state index is 0.121. The predicted molar refractivity (Wildman–Crippen MR) is 161 cm³/mol. The highest BCUT2D eigenvalue weighted by Crippen LogP contribution is 2.30. The van der Waals surface area contributed by atoms with Crippen LogP contribution in [0.1, 0.15) is 25.0 Å². The number of para-hydroxylation sites is 1. The van der Waals surface area contributed by atoms with Gasteiger partial charge in [-0.2, -0.15) is 14.7 Å². The summed E-state index contributed by atoms with van der Waals surface area (Å²) in [5.74, 6) is -0.563. The molecule has 2 atom stereocenters. The molecule has 2 heterocycles. The molecule has 0 aliphatic carbocycles. The molecule has 3 aromatic carbocycles. The number of carbonyl (C=O) groups excluding carboxylic acids is 1. The van der Waals surface area contributed by atoms with E-state index in [1.54, 1.807) is 47.3 Å². The van der Waals surface area contributed by atoms with Crippen molar-refractivity contribution in [2.75, 3.05) is 18.4 Å². The number of nitriles is 1. The molecule has 1 fully saturated rings. The first-order chi connectivity index (χ1) is 20.1. The van der Waals surface area contributed by atoms with Crippen molar-refractivity contribution in [1.29, 1.82) is 5.26 Å². The average molecular weight is 582 g/mol. The molecule has 1 amide bonds. The Hall–Kier alpha value is -4.56. The maximum absolute atomic E-state index is 13.6. The summed E-state index contributed by atoms with van der Waals surface area (Å²) in [6, 6.07) is 25.2. The van der Waals surface area contributed by atoms with Gasteiger partial charge in [-0.25, -0.2) is 13.1 Å². The van der Waals surface area contributed by atoms with Crippen LogP contribution >= 0.6 is 0 Å². The third kappa shape index (κ3) is 6.34. The van der Waals surface area contributed by atoms with Gasteiger partial charge in [-0.05, 0) is 63.2 Å². The molecule has 2 unspecified atom stereocenters. The molecule has 1 aromatic heterocycles. The Bertz CT molecular complexity index is 1760. The van der Waals surface area contributed by atoms with Gasteiger partial charge >= 0.3 is 0 Å². The highest BCUT2D eigenvalue weighted by molar-refractivity contribution is 7.89. The first kappa shape index (κ1) is 29.0. The molecule has 10 heteroatoms. The molecular formula is C32H31N5O4S. The number of nitrogens with zero attached hydrogens (tertiary/aromatic N) is 4. The number of anilines is 1. The lowest BCUT2D eigenvalue weighted by molar-refractivity contribution is -0.112. The Kier molecular flexibility index (Phi) is 8.36. The Labute approximate surface area is 245 Å². The van der Waals surface area contributed by atoms with E-state index in [9.17, 15) is 18.5 Å². The van der Waals surface area contributed by atoms with Crippen molar-refractivity contribution < 1.29 is 17.9 Å². The van der Waals surface area contributed by atoms with Crippen LogP contribution in [-0.4, -0.2) is 53.7 Å². The van der Waals surface area contributed by atoms with Crippen molar-refractivity contribution in [1.82, 2.24) is 14.1 Å². The fourth-order valence-electron chi connectivity index (χ4n) is 4.85. The third-order valence-corrected chi connectivity index (χ3v) is 8.70. The Morgan fingerprint density at radius 1 is 1.02 bits per heavy atom. The number of nitrogens with one attached hydrogen (secondary N) is 1. The van der Waals surface area contributed by atoms with Crippen LogP contribution in [0, 0.1) is 18.3 Å². The van der Waals surface area contributed by atoms with Gasteiger partial charge in [0.05, 0.1) is 22.8 Å². The number of sulfonamides is 1. The maximum atomic E-state index is 13.6. The van der Waals surface area contributed by atoms with Gasteiger partial charge in [0.1, 0.15) is 17.3 Å². The van der Waals surface area contributed by atoms with Crippen molar-refractivity contribution in [3.8, 4) is 23.0 Å². The number of ether oxygens (including phenoxy) is 1. The number of hydrogen-bond donors (Lipinski definition) is 1. The lowest BCUT2D eigenvalue weighted by Crippen LogP contribution is -2.48. The fourth-order valence-corrected chi connectivity index (χ4v) is 6.49. The van der Waals surface area contributed by atoms with E-state index in [0.29, 0.717) is 22.5 Å². The molecule has 1 saturated heterocycles. The second kappa shape index (κ2) is 12.1. The second-order valence-electron chi connectivity index (χ2n) is 10.3. The van der Waals surface area contributed by atoms with Crippen LogP contribution in [0.3, 0.4) is 0 Å². The minimum atomic E-state index is -3.81. The molecule has 0 bridgehead atoms. The van der Waals surface area contributed by atoms with Gasteiger partial charge in [0, 0.05) is 36.1 Å². The summed E-state index contributed by atoms with van der Waals surface area (Å²) in [6.45, 7) is 6.17. The van der Waals surface area contributed by atoms with Gasteiger partial charge < -0.3 is 10.1 Å². The monoisotopic (exact) mass is 581 g/mol. The van der Waals surface area contributed by atoms with E-state index >= 15 is 0 Å². The van der Waals surface area contributed by atoms with Crippen LogP contribution in [0.2, 0.25) is 0 Å². The lowest BCUT2D eigenvalue weighted by atomic mass is 10.1. The molecule has 1 aliphatic rings. The van der Waals surface area contributed by atoms with Crippen molar-refractivity contribution >= 4 is 27.7 Å². The molecule has 0 spiro atoms. The largest absolute Gasteiger partial charge is 0.373 e. The smallest absolute Gasteiger partial charge is 0.266 e. The van der Waals surface area contributed by atoms with Gasteiger partial charge in [-0.3, -0.25) is 4.79 Å².